The van der Waals surface area contributed by atoms with Crippen LogP contribution >= 0.6 is 0 Å². The summed E-state index contributed by atoms with van der Waals surface area (Å²) in [7, 11) is -7.49. The average molecular weight is 362 g/mol. The first-order valence-corrected chi connectivity index (χ1v) is 9.79. The molecule has 124 valence electrons. The SMILES string of the molecule is Cc1ccccc1S(=O)(=O)Nc1ccc(S(=O)(=O)C=CC#N)cc1. The van der Waals surface area contributed by atoms with Gasteiger partial charge in [-0.15, -0.1) is 0 Å². The number of nitrogens with zero attached hydrogens (tertiary/aromatic N) is 1. The molecule has 0 atom stereocenters. The first-order valence-electron chi connectivity index (χ1n) is 6.76. The van der Waals surface area contributed by atoms with Gasteiger partial charge < -0.3 is 0 Å². The fraction of sp³-hybridized carbons (Fsp3) is 0.0625. The van der Waals surface area contributed by atoms with E-state index in [0.717, 1.165) is 11.5 Å². The van der Waals surface area contributed by atoms with Crippen LogP contribution in [0.25, 0.3) is 0 Å². The summed E-state index contributed by atoms with van der Waals surface area (Å²) >= 11 is 0. The van der Waals surface area contributed by atoms with Gasteiger partial charge in [0.2, 0.25) is 9.84 Å². The van der Waals surface area contributed by atoms with Crippen molar-refractivity contribution in [2.45, 2.75) is 16.7 Å². The predicted octanol–water partition coefficient (Wildman–Crippen LogP) is 2.61. The molecule has 1 N–H and O–H groups in total. The summed E-state index contributed by atoms with van der Waals surface area (Å²) in [5.74, 6) is 0. The maximum absolute atomic E-state index is 12.4. The van der Waals surface area contributed by atoms with E-state index < -0.39 is 19.9 Å². The van der Waals surface area contributed by atoms with Gasteiger partial charge in [-0.05, 0) is 42.8 Å². The number of nitriles is 1. The van der Waals surface area contributed by atoms with Crippen LogP contribution in [0.15, 0.2) is 69.8 Å². The molecule has 2 rings (SSSR count). The van der Waals surface area contributed by atoms with Crippen molar-refractivity contribution in [3.63, 3.8) is 0 Å². The summed E-state index contributed by atoms with van der Waals surface area (Å²) in [4.78, 5) is 0.117. The van der Waals surface area contributed by atoms with Gasteiger partial charge in [0.05, 0.1) is 15.9 Å². The van der Waals surface area contributed by atoms with Gasteiger partial charge in [-0.2, -0.15) is 5.26 Å². The van der Waals surface area contributed by atoms with E-state index in [1.807, 2.05) is 0 Å². The topological polar surface area (TPSA) is 104 Å². The molecule has 0 heterocycles. The molecular weight excluding hydrogens is 348 g/mol. The highest BCUT2D eigenvalue weighted by Gasteiger charge is 2.17. The van der Waals surface area contributed by atoms with Crippen molar-refractivity contribution in [2.75, 3.05) is 4.72 Å². The third-order valence-corrected chi connectivity index (χ3v) is 6.11. The molecule has 0 aliphatic rings. The Balaban J connectivity index is 2.29. The number of rotatable bonds is 5. The Morgan fingerprint density at radius 1 is 1.00 bits per heavy atom. The molecule has 24 heavy (non-hydrogen) atoms. The lowest BCUT2D eigenvalue weighted by Crippen LogP contribution is -2.14. The summed E-state index contributed by atoms with van der Waals surface area (Å²) in [6.07, 6.45) is 0.865. The lowest BCUT2D eigenvalue weighted by atomic mass is 10.2. The minimum Gasteiger partial charge on any atom is -0.280 e. The van der Waals surface area contributed by atoms with Gasteiger partial charge in [-0.3, -0.25) is 4.72 Å². The van der Waals surface area contributed by atoms with E-state index in [-0.39, 0.29) is 15.5 Å². The van der Waals surface area contributed by atoms with Crippen molar-refractivity contribution in [1.29, 1.82) is 5.26 Å². The molecule has 6 nitrogen and oxygen atoms in total. The third-order valence-electron chi connectivity index (χ3n) is 3.14. The number of sulfone groups is 1. The van der Waals surface area contributed by atoms with Crippen LogP contribution in [0.2, 0.25) is 0 Å². The Morgan fingerprint density at radius 2 is 1.62 bits per heavy atom. The lowest BCUT2D eigenvalue weighted by molar-refractivity contribution is 0.600. The van der Waals surface area contributed by atoms with Gasteiger partial charge in [0.25, 0.3) is 10.0 Å². The van der Waals surface area contributed by atoms with E-state index in [9.17, 15) is 16.8 Å². The van der Waals surface area contributed by atoms with Gasteiger partial charge >= 0.3 is 0 Å². The number of nitrogens with one attached hydrogen (secondary N) is 1. The van der Waals surface area contributed by atoms with E-state index in [4.69, 9.17) is 5.26 Å². The fourth-order valence-electron chi connectivity index (χ4n) is 1.98. The van der Waals surface area contributed by atoms with Crippen LogP contribution in [0.3, 0.4) is 0 Å². The smallest absolute Gasteiger partial charge is 0.262 e. The fourth-order valence-corrected chi connectivity index (χ4v) is 4.20. The largest absolute Gasteiger partial charge is 0.280 e. The molecule has 0 aromatic heterocycles. The van der Waals surface area contributed by atoms with Gasteiger partial charge in [0, 0.05) is 17.2 Å². The van der Waals surface area contributed by atoms with Crippen LogP contribution < -0.4 is 4.72 Å². The van der Waals surface area contributed by atoms with E-state index >= 15 is 0 Å². The molecule has 0 saturated heterocycles. The Labute approximate surface area is 141 Å². The molecule has 0 spiro atoms. The Bertz CT molecular complexity index is 1020. The zero-order valence-electron chi connectivity index (χ0n) is 12.7. The summed E-state index contributed by atoms with van der Waals surface area (Å²) < 4.78 is 50.9. The van der Waals surface area contributed by atoms with Crippen molar-refractivity contribution in [1.82, 2.24) is 0 Å². The molecular formula is C16H14N2O4S2. The molecule has 0 radical (unpaired) electrons. The van der Waals surface area contributed by atoms with Crippen molar-refractivity contribution in [3.05, 3.63) is 65.6 Å². The lowest BCUT2D eigenvalue weighted by Gasteiger charge is -2.10. The van der Waals surface area contributed by atoms with Gasteiger partial charge in [-0.25, -0.2) is 16.8 Å². The number of hydrogen-bond acceptors (Lipinski definition) is 5. The van der Waals surface area contributed by atoms with Gasteiger partial charge in [0.15, 0.2) is 0 Å². The summed E-state index contributed by atoms with van der Waals surface area (Å²) in [5.41, 5.74) is 0.840. The van der Waals surface area contributed by atoms with Crippen molar-refractivity contribution in [3.8, 4) is 6.07 Å². The number of allylic oxidation sites excluding steroid dienone is 1. The maximum Gasteiger partial charge on any atom is 0.262 e. The summed E-state index contributed by atoms with van der Waals surface area (Å²) in [5, 5.41) is 9.19. The summed E-state index contributed by atoms with van der Waals surface area (Å²) in [6, 6.07) is 13.4. The van der Waals surface area contributed by atoms with Crippen molar-refractivity contribution in [2.24, 2.45) is 0 Å². The van der Waals surface area contributed by atoms with Crippen LogP contribution in [0.4, 0.5) is 5.69 Å². The van der Waals surface area contributed by atoms with Crippen LogP contribution in [-0.4, -0.2) is 16.8 Å². The molecule has 8 heteroatoms. The molecule has 2 aromatic carbocycles. The van der Waals surface area contributed by atoms with Crippen molar-refractivity contribution < 1.29 is 16.8 Å². The molecule has 0 unspecified atom stereocenters. The summed E-state index contributed by atoms with van der Waals surface area (Å²) in [6.45, 7) is 1.69. The van der Waals surface area contributed by atoms with E-state index in [1.165, 1.54) is 30.3 Å². The first-order chi connectivity index (χ1) is 11.3. The van der Waals surface area contributed by atoms with Gasteiger partial charge in [0.1, 0.15) is 0 Å². The van der Waals surface area contributed by atoms with Crippen LogP contribution in [0, 0.1) is 18.3 Å². The first kappa shape index (κ1) is 17.7. The molecule has 0 fully saturated rings. The average Bonchev–Trinajstić information content (AvgIpc) is 2.53. The highest BCUT2D eigenvalue weighted by molar-refractivity contribution is 7.94. The molecule has 2 aromatic rings. The number of anilines is 1. The molecule has 0 saturated carbocycles. The molecule has 0 aliphatic heterocycles. The Morgan fingerprint density at radius 3 is 2.21 bits per heavy atom. The second-order valence-corrected chi connectivity index (χ2v) is 8.36. The Hall–Kier alpha value is -2.63. The predicted molar refractivity (Wildman–Crippen MR) is 90.4 cm³/mol. The molecule has 0 bridgehead atoms. The van der Waals surface area contributed by atoms with Crippen LogP contribution in [0.5, 0.6) is 0 Å². The second kappa shape index (κ2) is 6.86. The third kappa shape index (κ3) is 4.01. The van der Waals surface area contributed by atoms with E-state index in [0.29, 0.717) is 5.56 Å². The Kier molecular flexibility index (Phi) is 5.07. The molecule has 0 amide bonds. The molecule has 0 aliphatic carbocycles. The van der Waals surface area contributed by atoms with Crippen molar-refractivity contribution >= 4 is 25.5 Å². The van der Waals surface area contributed by atoms with Crippen LogP contribution in [-0.2, 0) is 19.9 Å². The minimum absolute atomic E-state index is 0.0344. The van der Waals surface area contributed by atoms with Crippen LogP contribution in [0.1, 0.15) is 5.56 Å². The number of aryl methyl sites for hydroxylation is 1. The number of benzene rings is 2. The van der Waals surface area contributed by atoms with Gasteiger partial charge in [-0.1, -0.05) is 18.2 Å². The standard InChI is InChI=1S/C16H14N2O4S2/c1-13-5-2-3-6-16(13)24(21,22)18-14-7-9-15(10-8-14)23(19,20)12-4-11-17/h2-10,12,18H,1H3. The normalized spacial score (nSPS) is 12.0. The monoisotopic (exact) mass is 362 g/mol. The highest BCUT2D eigenvalue weighted by atomic mass is 32.2. The minimum atomic E-state index is -3.76. The van der Waals surface area contributed by atoms with E-state index in [2.05, 4.69) is 4.72 Å². The quantitative estimate of drug-likeness (QED) is 0.823. The highest BCUT2D eigenvalue weighted by Crippen LogP contribution is 2.21. The maximum atomic E-state index is 12.4. The number of hydrogen-bond donors (Lipinski definition) is 1. The zero-order chi connectivity index (χ0) is 17.8. The number of sulfonamides is 1. The zero-order valence-corrected chi connectivity index (χ0v) is 14.3. The second-order valence-electron chi connectivity index (χ2n) is 4.87. The van der Waals surface area contributed by atoms with E-state index in [1.54, 1.807) is 31.2 Å².